The molecule has 1 fully saturated rings. The standard InChI is InChI=1S/C25H39N3O6S/c1-14(2)11-22(30)28(6)20(15(3)4)12-21(34-16(5)29)24-27-19(13-35-24)23(31)26-18-9-7-17(8-10-18)25(32)33/h13-15,17-18,20-21H,7-12H2,1-6H3,(H,26,31)(H,32,33)/t17?,18?,20-,21-/m1/s1. The van der Waals surface area contributed by atoms with E-state index in [0.29, 0.717) is 43.5 Å². The number of carboxylic acid groups (broad SMARTS) is 1. The molecule has 0 saturated heterocycles. The third kappa shape index (κ3) is 8.59. The molecule has 0 radical (unpaired) electrons. The Morgan fingerprint density at radius 2 is 1.80 bits per heavy atom. The summed E-state index contributed by atoms with van der Waals surface area (Å²) in [6, 6.07) is -0.255. The molecule has 1 aromatic heterocycles. The largest absolute Gasteiger partial charge is 0.481 e. The van der Waals surface area contributed by atoms with E-state index in [-0.39, 0.29) is 47.3 Å². The lowest BCUT2D eigenvalue weighted by molar-refractivity contribution is -0.148. The number of hydrogen-bond donors (Lipinski definition) is 2. The van der Waals surface area contributed by atoms with E-state index in [0.717, 1.165) is 0 Å². The molecule has 1 aliphatic rings. The van der Waals surface area contributed by atoms with Crippen LogP contribution in [0.15, 0.2) is 5.38 Å². The van der Waals surface area contributed by atoms with E-state index >= 15 is 0 Å². The van der Waals surface area contributed by atoms with Crippen molar-refractivity contribution < 1.29 is 29.0 Å². The lowest BCUT2D eigenvalue weighted by Crippen LogP contribution is -2.42. The van der Waals surface area contributed by atoms with E-state index < -0.39 is 18.0 Å². The second-order valence-electron chi connectivity index (χ2n) is 10.2. The number of hydrogen-bond acceptors (Lipinski definition) is 7. The number of carbonyl (C=O) groups excluding carboxylic acids is 3. The van der Waals surface area contributed by atoms with Crippen molar-refractivity contribution in [2.24, 2.45) is 17.8 Å². The van der Waals surface area contributed by atoms with Crippen molar-refractivity contribution in [2.75, 3.05) is 7.05 Å². The number of nitrogens with zero attached hydrogens (tertiary/aromatic N) is 2. The van der Waals surface area contributed by atoms with Crippen molar-refractivity contribution >= 4 is 35.1 Å². The summed E-state index contributed by atoms with van der Waals surface area (Å²) in [5.41, 5.74) is 0.243. The lowest BCUT2D eigenvalue weighted by Gasteiger charge is -2.34. The molecular formula is C25H39N3O6S. The van der Waals surface area contributed by atoms with Gasteiger partial charge in [0, 0.05) is 44.3 Å². The Morgan fingerprint density at radius 1 is 1.17 bits per heavy atom. The van der Waals surface area contributed by atoms with Gasteiger partial charge in [0.05, 0.1) is 5.92 Å². The van der Waals surface area contributed by atoms with Crippen LogP contribution in [0.2, 0.25) is 0 Å². The summed E-state index contributed by atoms with van der Waals surface area (Å²) in [7, 11) is 1.78. The second kappa shape index (κ2) is 13.0. The normalized spacial score (nSPS) is 19.8. The fourth-order valence-electron chi connectivity index (χ4n) is 4.46. The minimum absolute atomic E-state index is 0.0390. The smallest absolute Gasteiger partial charge is 0.306 e. The summed E-state index contributed by atoms with van der Waals surface area (Å²) < 4.78 is 5.59. The predicted molar refractivity (Wildman–Crippen MR) is 133 cm³/mol. The molecule has 196 valence electrons. The van der Waals surface area contributed by atoms with E-state index in [2.05, 4.69) is 10.3 Å². The first-order chi connectivity index (χ1) is 16.4. The Balaban J connectivity index is 2.11. The molecule has 0 spiro atoms. The average Bonchev–Trinajstić information content (AvgIpc) is 3.26. The maximum absolute atomic E-state index is 12.8. The van der Waals surface area contributed by atoms with Crippen molar-refractivity contribution in [3.63, 3.8) is 0 Å². The van der Waals surface area contributed by atoms with Gasteiger partial charge in [-0.1, -0.05) is 27.7 Å². The number of nitrogens with one attached hydrogen (secondary N) is 1. The third-order valence-corrected chi connectivity index (χ3v) is 7.39. The molecule has 2 amide bonds. The molecule has 1 heterocycles. The Hall–Kier alpha value is -2.49. The zero-order chi connectivity index (χ0) is 26.3. The molecule has 35 heavy (non-hydrogen) atoms. The van der Waals surface area contributed by atoms with Gasteiger partial charge in [-0.3, -0.25) is 19.2 Å². The molecule has 0 aliphatic heterocycles. The minimum Gasteiger partial charge on any atom is -0.481 e. The summed E-state index contributed by atoms with van der Waals surface area (Å²) >= 11 is 1.25. The summed E-state index contributed by atoms with van der Waals surface area (Å²) in [6.07, 6.45) is 2.45. The molecule has 0 unspecified atom stereocenters. The van der Waals surface area contributed by atoms with Crippen LogP contribution < -0.4 is 5.32 Å². The highest BCUT2D eigenvalue weighted by atomic mass is 32.1. The van der Waals surface area contributed by atoms with Crippen molar-refractivity contribution in [2.45, 2.75) is 91.3 Å². The SMILES string of the molecule is CC(=O)O[C@H](C[C@H](C(C)C)N(C)C(=O)CC(C)C)c1nc(C(=O)NC2CCC(C(=O)O)CC2)cs1. The van der Waals surface area contributed by atoms with Gasteiger partial charge < -0.3 is 20.1 Å². The molecule has 10 heteroatoms. The van der Waals surface area contributed by atoms with Crippen LogP contribution in [-0.2, 0) is 19.1 Å². The van der Waals surface area contributed by atoms with Crippen LogP contribution in [0.5, 0.6) is 0 Å². The number of aliphatic carboxylic acids is 1. The van der Waals surface area contributed by atoms with E-state index in [1.54, 1.807) is 17.3 Å². The number of ether oxygens (including phenoxy) is 1. The van der Waals surface area contributed by atoms with Gasteiger partial charge in [-0.2, -0.15) is 0 Å². The van der Waals surface area contributed by atoms with Crippen molar-refractivity contribution in [1.82, 2.24) is 15.2 Å². The molecule has 1 saturated carbocycles. The van der Waals surface area contributed by atoms with Gasteiger partial charge in [0.2, 0.25) is 5.91 Å². The highest BCUT2D eigenvalue weighted by molar-refractivity contribution is 7.09. The minimum atomic E-state index is -0.785. The van der Waals surface area contributed by atoms with Crippen LogP contribution in [-0.4, -0.2) is 57.9 Å². The highest BCUT2D eigenvalue weighted by Crippen LogP contribution is 2.31. The van der Waals surface area contributed by atoms with Gasteiger partial charge in [0.25, 0.3) is 5.91 Å². The van der Waals surface area contributed by atoms with Gasteiger partial charge >= 0.3 is 11.9 Å². The van der Waals surface area contributed by atoms with Crippen molar-refractivity contribution in [3.05, 3.63) is 16.1 Å². The summed E-state index contributed by atoms with van der Waals surface area (Å²) in [5, 5.41) is 14.2. The number of carboxylic acids is 1. The van der Waals surface area contributed by atoms with E-state index in [4.69, 9.17) is 9.84 Å². The molecule has 2 N–H and O–H groups in total. The summed E-state index contributed by atoms with van der Waals surface area (Å²) in [4.78, 5) is 54.7. The van der Waals surface area contributed by atoms with Crippen LogP contribution in [0.25, 0.3) is 0 Å². The van der Waals surface area contributed by atoms with Crippen LogP contribution in [0.4, 0.5) is 0 Å². The maximum Gasteiger partial charge on any atom is 0.306 e. The van der Waals surface area contributed by atoms with Gasteiger partial charge in [-0.25, -0.2) is 4.98 Å². The van der Waals surface area contributed by atoms with Crippen LogP contribution in [0, 0.1) is 17.8 Å². The first-order valence-corrected chi connectivity index (χ1v) is 13.2. The van der Waals surface area contributed by atoms with E-state index in [1.807, 2.05) is 27.7 Å². The average molecular weight is 510 g/mol. The Kier molecular flexibility index (Phi) is 10.7. The van der Waals surface area contributed by atoms with E-state index in [1.165, 1.54) is 18.3 Å². The zero-order valence-electron chi connectivity index (χ0n) is 21.6. The Bertz CT molecular complexity index is 892. The zero-order valence-corrected chi connectivity index (χ0v) is 22.4. The summed E-state index contributed by atoms with van der Waals surface area (Å²) in [5.74, 6) is -1.51. The van der Waals surface area contributed by atoms with Gasteiger partial charge in [0.1, 0.15) is 10.7 Å². The number of esters is 1. The number of amides is 2. The maximum atomic E-state index is 12.8. The quantitative estimate of drug-likeness (QED) is 0.431. The topological polar surface area (TPSA) is 126 Å². The molecule has 0 aromatic carbocycles. The fraction of sp³-hybridized carbons (Fsp3) is 0.720. The third-order valence-electron chi connectivity index (χ3n) is 6.45. The summed E-state index contributed by atoms with van der Waals surface area (Å²) in [6.45, 7) is 9.37. The Labute approximate surface area is 211 Å². The molecule has 0 bridgehead atoms. The lowest BCUT2D eigenvalue weighted by atomic mass is 9.86. The van der Waals surface area contributed by atoms with Gasteiger partial charge in [-0.15, -0.1) is 11.3 Å². The molecule has 1 aliphatic carbocycles. The van der Waals surface area contributed by atoms with Crippen molar-refractivity contribution in [1.29, 1.82) is 0 Å². The van der Waals surface area contributed by atoms with Crippen LogP contribution in [0.3, 0.4) is 0 Å². The molecule has 2 rings (SSSR count). The van der Waals surface area contributed by atoms with Gasteiger partial charge in [0.15, 0.2) is 6.10 Å². The van der Waals surface area contributed by atoms with Gasteiger partial charge in [-0.05, 0) is 37.5 Å². The fourth-order valence-corrected chi connectivity index (χ4v) is 5.30. The number of rotatable bonds is 11. The predicted octanol–water partition coefficient (Wildman–Crippen LogP) is 4.04. The van der Waals surface area contributed by atoms with E-state index in [9.17, 15) is 19.2 Å². The molecule has 9 nitrogen and oxygen atoms in total. The van der Waals surface area contributed by atoms with Crippen LogP contribution in [0.1, 0.15) is 94.7 Å². The first kappa shape index (κ1) is 28.7. The molecular weight excluding hydrogens is 470 g/mol. The number of thiazole rings is 1. The highest BCUT2D eigenvalue weighted by Gasteiger charge is 2.31. The Morgan fingerprint density at radius 3 is 2.31 bits per heavy atom. The van der Waals surface area contributed by atoms with Crippen molar-refractivity contribution in [3.8, 4) is 0 Å². The first-order valence-electron chi connectivity index (χ1n) is 12.3. The second-order valence-corrected chi connectivity index (χ2v) is 11.1. The number of carbonyl (C=O) groups is 4. The molecule has 2 atom stereocenters. The monoisotopic (exact) mass is 509 g/mol. The van der Waals surface area contributed by atoms with Crippen LogP contribution >= 0.6 is 11.3 Å². The molecule has 1 aromatic rings. The number of aromatic nitrogens is 1.